The number of anilines is 2. The second-order valence-corrected chi connectivity index (χ2v) is 8.59. The predicted molar refractivity (Wildman–Crippen MR) is 119 cm³/mol. The number of alkyl halides is 2. The van der Waals surface area contributed by atoms with Gasteiger partial charge in [-0.15, -0.1) is 0 Å². The number of aliphatic hydroxyl groups excluding tert-OH is 1. The number of fused-ring (bicyclic) bond motifs is 1. The molecule has 8 nitrogen and oxygen atoms in total. The molecule has 2 aliphatic rings. The Morgan fingerprint density at radius 1 is 1.30 bits per heavy atom. The van der Waals surface area contributed by atoms with Gasteiger partial charge < -0.3 is 20.1 Å². The summed E-state index contributed by atoms with van der Waals surface area (Å²) in [5.74, 6) is -1.69. The Labute approximate surface area is 191 Å². The highest BCUT2D eigenvalue weighted by Gasteiger charge is 2.36. The quantitative estimate of drug-likeness (QED) is 0.683. The maximum atomic E-state index is 14.0. The normalized spacial score (nSPS) is 18.3. The highest BCUT2D eigenvalue weighted by atomic mass is 19.3. The molecule has 2 N–H and O–H groups in total. The third-order valence-electron chi connectivity index (χ3n) is 6.27. The summed E-state index contributed by atoms with van der Waals surface area (Å²) in [5, 5.41) is 12.4. The molecule has 1 aromatic carbocycles. The van der Waals surface area contributed by atoms with E-state index < -0.39 is 12.5 Å². The number of aliphatic hydroxyl groups is 1. The number of carbonyl (C=O) groups excluding carboxylic acids is 1. The van der Waals surface area contributed by atoms with Gasteiger partial charge in [-0.3, -0.25) is 4.90 Å². The number of rotatable bonds is 6. The van der Waals surface area contributed by atoms with Crippen molar-refractivity contribution in [2.24, 2.45) is 0 Å². The van der Waals surface area contributed by atoms with E-state index in [9.17, 15) is 13.6 Å². The Balaban J connectivity index is 1.64. The molecule has 3 heterocycles. The molecule has 2 aliphatic heterocycles. The Morgan fingerprint density at radius 2 is 2.03 bits per heavy atom. The zero-order chi connectivity index (χ0) is 23.8. The van der Waals surface area contributed by atoms with Crippen LogP contribution in [0, 0.1) is 6.92 Å². The van der Waals surface area contributed by atoms with E-state index in [1.165, 1.54) is 12.1 Å². The smallest absolute Gasteiger partial charge is 0.325 e. The first-order chi connectivity index (χ1) is 15.7. The average Bonchev–Trinajstić information content (AvgIpc) is 2.82. The third kappa shape index (κ3) is 4.63. The Bertz CT molecular complexity index is 1030. The van der Waals surface area contributed by atoms with Crippen LogP contribution >= 0.6 is 0 Å². The summed E-state index contributed by atoms with van der Waals surface area (Å²) in [6.45, 7) is 3.95. The van der Waals surface area contributed by atoms with E-state index in [4.69, 9.17) is 9.84 Å². The maximum absolute atomic E-state index is 14.0. The van der Waals surface area contributed by atoms with Crippen molar-refractivity contribution in [1.82, 2.24) is 14.9 Å². The van der Waals surface area contributed by atoms with Crippen molar-refractivity contribution in [3.8, 4) is 0 Å². The van der Waals surface area contributed by atoms with Crippen LogP contribution in [0.2, 0.25) is 0 Å². The average molecular weight is 462 g/mol. The first-order valence-electron chi connectivity index (χ1n) is 11.1. The number of urea groups is 1. The summed E-state index contributed by atoms with van der Waals surface area (Å²) in [6.07, 6.45) is 1.54. The van der Waals surface area contributed by atoms with Gasteiger partial charge in [0.1, 0.15) is 24.1 Å². The molecule has 1 saturated heterocycles. The van der Waals surface area contributed by atoms with Crippen molar-refractivity contribution in [2.45, 2.75) is 51.2 Å². The molecule has 2 aromatic rings. The monoisotopic (exact) mass is 461 g/mol. The van der Waals surface area contributed by atoms with E-state index in [0.717, 1.165) is 18.4 Å². The van der Waals surface area contributed by atoms with Crippen molar-refractivity contribution in [3.63, 3.8) is 0 Å². The molecule has 10 heteroatoms. The minimum absolute atomic E-state index is 0.0748. The second-order valence-electron chi connectivity index (χ2n) is 8.59. The van der Waals surface area contributed by atoms with Gasteiger partial charge in [-0.1, -0.05) is 18.2 Å². The van der Waals surface area contributed by atoms with Crippen molar-refractivity contribution in [3.05, 3.63) is 46.8 Å². The Hall–Kier alpha value is -2.85. The molecule has 33 heavy (non-hydrogen) atoms. The van der Waals surface area contributed by atoms with E-state index >= 15 is 0 Å². The molecule has 0 radical (unpaired) electrons. The lowest BCUT2D eigenvalue weighted by molar-refractivity contribution is -0.0556. The molecule has 1 atom stereocenters. The molecule has 0 spiro atoms. The SMILES string of the molecule is Cc1nc(N[C@H](C)c2cccc(C(F)(F)CO)c2)c2c(n1)N(C)C(=O)N(C1CCOCC1)C2. The fourth-order valence-electron chi connectivity index (χ4n) is 4.34. The highest BCUT2D eigenvalue weighted by Crippen LogP contribution is 2.35. The molecule has 178 valence electrons. The van der Waals surface area contributed by atoms with Crippen molar-refractivity contribution in [2.75, 3.05) is 37.1 Å². The van der Waals surface area contributed by atoms with Crippen LogP contribution in [0.25, 0.3) is 0 Å². The summed E-state index contributed by atoms with van der Waals surface area (Å²) < 4.78 is 33.4. The molecule has 0 saturated carbocycles. The lowest BCUT2D eigenvalue weighted by atomic mass is 10.0. The fourth-order valence-corrected chi connectivity index (χ4v) is 4.34. The summed E-state index contributed by atoms with van der Waals surface area (Å²) in [6, 6.07) is 5.60. The number of nitrogens with one attached hydrogen (secondary N) is 1. The minimum atomic E-state index is -3.31. The first kappa shape index (κ1) is 23.3. The molecule has 0 aliphatic carbocycles. The third-order valence-corrected chi connectivity index (χ3v) is 6.27. The van der Waals surface area contributed by atoms with Crippen LogP contribution in [0.3, 0.4) is 0 Å². The number of carbonyl (C=O) groups is 1. The number of aromatic nitrogens is 2. The summed E-state index contributed by atoms with van der Waals surface area (Å²) in [7, 11) is 1.70. The Kier molecular flexibility index (Phi) is 6.49. The van der Waals surface area contributed by atoms with Crippen LogP contribution in [0.15, 0.2) is 24.3 Å². The van der Waals surface area contributed by atoms with Gasteiger partial charge in [0.25, 0.3) is 5.92 Å². The number of amides is 2. The van der Waals surface area contributed by atoms with Crippen molar-refractivity contribution in [1.29, 1.82) is 0 Å². The minimum Gasteiger partial charge on any atom is -0.390 e. The van der Waals surface area contributed by atoms with Gasteiger partial charge in [0, 0.05) is 37.9 Å². The van der Waals surface area contributed by atoms with Crippen molar-refractivity contribution < 1.29 is 23.4 Å². The summed E-state index contributed by atoms with van der Waals surface area (Å²) >= 11 is 0. The van der Waals surface area contributed by atoms with Gasteiger partial charge in [-0.05, 0) is 38.3 Å². The second kappa shape index (κ2) is 9.18. The molecule has 1 aromatic heterocycles. The molecule has 2 amide bonds. The van der Waals surface area contributed by atoms with Crippen LogP contribution in [0.5, 0.6) is 0 Å². The number of hydrogen-bond donors (Lipinski definition) is 2. The van der Waals surface area contributed by atoms with Crippen LogP contribution in [-0.2, 0) is 17.2 Å². The zero-order valence-corrected chi connectivity index (χ0v) is 19.0. The number of halogens is 2. The van der Waals surface area contributed by atoms with E-state index in [1.54, 1.807) is 31.0 Å². The van der Waals surface area contributed by atoms with E-state index in [-0.39, 0.29) is 23.7 Å². The number of aryl methyl sites for hydroxylation is 1. The largest absolute Gasteiger partial charge is 0.390 e. The van der Waals surface area contributed by atoms with Gasteiger partial charge in [0.2, 0.25) is 0 Å². The Morgan fingerprint density at radius 3 is 2.73 bits per heavy atom. The van der Waals surface area contributed by atoms with Crippen LogP contribution in [0.4, 0.5) is 25.2 Å². The lowest BCUT2D eigenvalue weighted by Gasteiger charge is -2.41. The zero-order valence-electron chi connectivity index (χ0n) is 19.0. The van der Waals surface area contributed by atoms with Gasteiger partial charge in [-0.2, -0.15) is 8.78 Å². The van der Waals surface area contributed by atoms with Crippen LogP contribution < -0.4 is 10.2 Å². The standard InChI is InChI=1S/C23H29F2N5O3/c1-14(16-5-4-6-17(11-16)23(24,25)13-31)26-20-19-12-30(18-7-9-33-10-8-18)22(32)29(3)21(19)28-15(2)27-20/h4-6,11,14,18,31H,7-10,12-13H2,1-3H3,(H,26,27,28)/t14-/m1/s1. The van der Waals surface area contributed by atoms with E-state index in [0.29, 0.717) is 42.8 Å². The highest BCUT2D eigenvalue weighted by molar-refractivity contribution is 5.94. The summed E-state index contributed by atoms with van der Waals surface area (Å²) in [4.78, 5) is 25.5. The lowest BCUT2D eigenvalue weighted by Crippen LogP contribution is -2.52. The number of benzene rings is 1. The first-order valence-corrected chi connectivity index (χ1v) is 11.1. The maximum Gasteiger partial charge on any atom is 0.325 e. The van der Waals surface area contributed by atoms with Crippen LogP contribution in [-0.4, -0.2) is 58.9 Å². The van der Waals surface area contributed by atoms with Crippen molar-refractivity contribution >= 4 is 17.7 Å². The van der Waals surface area contributed by atoms with Gasteiger partial charge >= 0.3 is 6.03 Å². The molecular weight excluding hydrogens is 432 g/mol. The van der Waals surface area contributed by atoms with Gasteiger partial charge in [-0.25, -0.2) is 14.8 Å². The van der Waals surface area contributed by atoms with Gasteiger partial charge in [0.15, 0.2) is 0 Å². The number of nitrogens with zero attached hydrogens (tertiary/aromatic N) is 4. The fraction of sp³-hybridized carbons (Fsp3) is 0.522. The topological polar surface area (TPSA) is 90.8 Å². The van der Waals surface area contributed by atoms with Gasteiger partial charge in [0.05, 0.1) is 12.1 Å². The molecule has 0 bridgehead atoms. The van der Waals surface area contributed by atoms with E-state index in [2.05, 4.69) is 15.3 Å². The van der Waals surface area contributed by atoms with Crippen LogP contribution in [0.1, 0.15) is 48.3 Å². The number of ether oxygens (including phenoxy) is 1. The molecule has 0 unspecified atom stereocenters. The van der Waals surface area contributed by atoms with E-state index in [1.807, 2.05) is 11.8 Å². The molecule has 4 rings (SSSR count). The predicted octanol–water partition coefficient (Wildman–Crippen LogP) is 3.59. The summed E-state index contributed by atoms with van der Waals surface area (Å²) in [5.41, 5.74) is 1.18. The number of hydrogen-bond acceptors (Lipinski definition) is 6. The molecule has 1 fully saturated rings. The molecular formula is C23H29F2N5O3.